The number of piperazine rings is 1. The first-order valence-corrected chi connectivity index (χ1v) is 9.58. The molecule has 8 nitrogen and oxygen atoms in total. The maximum atomic E-state index is 12.4. The summed E-state index contributed by atoms with van der Waals surface area (Å²) >= 11 is 0. The predicted octanol–water partition coefficient (Wildman–Crippen LogP) is -0.0946. The van der Waals surface area contributed by atoms with Crippen LogP contribution in [0.5, 0.6) is 0 Å². The number of likely N-dealkylation sites (N-methyl/N-ethyl adjacent to an activating group) is 2. The fourth-order valence-electron chi connectivity index (χ4n) is 3.08. The first-order valence-electron chi connectivity index (χ1n) is 9.58. The van der Waals surface area contributed by atoms with Gasteiger partial charge in [0.2, 0.25) is 11.9 Å². The third-order valence-corrected chi connectivity index (χ3v) is 4.83. The molecule has 0 bridgehead atoms. The lowest BCUT2D eigenvalue weighted by Crippen LogP contribution is -2.49. The zero-order valence-electron chi connectivity index (χ0n) is 16.2. The number of amides is 1. The molecule has 0 aromatic carbocycles. The highest BCUT2D eigenvalue weighted by molar-refractivity contribution is 5.76. The van der Waals surface area contributed by atoms with Crippen LogP contribution in [0.25, 0.3) is 0 Å². The number of aromatic nitrogens is 2. The Morgan fingerprint density at radius 2 is 1.92 bits per heavy atom. The van der Waals surface area contributed by atoms with Crippen LogP contribution in [0.4, 0.5) is 5.95 Å². The largest absolute Gasteiger partial charge is 0.339 e. The Labute approximate surface area is 156 Å². The number of nitrogens with one attached hydrogen (secondary N) is 1. The minimum atomic E-state index is 0.258. The van der Waals surface area contributed by atoms with Gasteiger partial charge in [-0.05, 0) is 26.6 Å². The van der Waals surface area contributed by atoms with E-state index in [0.29, 0.717) is 13.0 Å². The van der Waals surface area contributed by atoms with Crippen LogP contribution in [0.1, 0.15) is 25.3 Å². The molecule has 0 spiro atoms. The summed E-state index contributed by atoms with van der Waals surface area (Å²) in [6, 6.07) is 0. The Balaban J connectivity index is 1.70. The number of anilines is 1. The minimum Gasteiger partial charge on any atom is -0.339 e. The minimum absolute atomic E-state index is 0.258. The highest BCUT2D eigenvalue weighted by atomic mass is 16.2. The summed E-state index contributed by atoms with van der Waals surface area (Å²) in [5.74, 6) is 0.978. The van der Waals surface area contributed by atoms with Crippen molar-refractivity contribution in [3.63, 3.8) is 0 Å². The van der Waals surface area contributed by atoms with E-state index in [1.807, 2.05) is 11.9 Å². The topological polar surface area (TPSA) is 90.6 Å². The van der Waals surface area contributed by atoms with Crippen LogP contribution in [-0.4, -0.2) is 85.1 Å². The van der Waals surface area contributed by atoms with Crippen molar-refractivity contribution in [1.82, 2.24) is 25.1 Å². The molecule has 0 radical (unpaired) electrons. The van der Waals surface area contributed by atoms with Gasteiger partial charge in [-0.2, -0.15) is 0 Å². The fourth-order valence-corrected chi connectivity index (χ4v) is 3.08. The first kappa shape index (κ1) is 20.5. The van der Waals surface area contributed by atoms with Crippen LogP contribution in [0.2, 0.25) is 0 Å². The molecule has 1 aromatic rings. The average molecular weight is 364 g/mol. The van der Waals surface area contributed by atoms with Crippen molar-refractivity contribution in [1.29, 1.82) is 0 Å². The van der Waals surface area contributed by atoms with Crippen LogP contribution in [-0.2, 0) is 11.3 Å². The second kappa shape index (κ2) is 11.1. The van der Waals surface area contributed by atoms with Crippen molar-refractivity contribution in [2.24, 2.45) is 5.73 Å². The van der Waals surface area contributed by atoms with Crippen molar-refractivity contribution in [3.05, 3.63) is 18.0 Å². The number of nitrogens with two attached hydrogens (primary N) is 1. The monoisotopic (exact) mass is 363 g/mol. The summed E-state index contributed by atoms with van der Waals surface area (Å²) in [4.78, 5) is 27.6. The average Bonchev–Trinajstić information content (AvgIpc) is 2.70. The molecule has 2 heterocycles. The third kappa shape index (κ3) is 6.19. The van der Waals surface area contributed by atoms with Gasteiger partial charge in [0.15, 0.2) is 0 Å². The first-order chi connectivity index (χ1) is 12.7. The van der Waals surface area contributed by atoms with Gasteiger partial charge in [-0.25, -0.2) is 9.97 Å². The van der Waals surface area contributed by atoms with Gasteiger partial charge in [0, 0.05) is 70.2 Å². The normalized spacial score (nSPS) is 14.9. The summed E-state index contributed by atoms with van der Waals surface area (Å²) in [6.45, 7) is 9.65. The van der Waals surface area contributed by atoms with E-state index in [0.717, 1.165) is 70.3 Å². The van der Waals surface area contributed by atoms with Gasteiger partial charge in [-0.1, -0.05) is 6.92 Å². The zero-order chi connectivity index (χ0) is 18.8. The Bertz CT molecular complexity index is 529. The second-order valence-electron chi connectivity index (χ2n) is 6.60. The number of hydrogen-bond donors (Lipinski definition) is 2. The van der Waals surface area contributed by atoms with E-state index >= 15 is 0 Å². The molecule has 0 unspecified atom stereocenters. The quantitative estimate of drug-likeness (QED) is 0.600. The van der Waals surface area contributed by atoms with E-state index in [2.05, 4.69) is 32.0 Å². The molecular weight excluding hydrogens is 330 g/mol. The van der Waals surface area contributed by atoms with Crippen molar-refractivity contribution in [2.75, 3.05) is 64.3 Å². The molecule has 3 N–H and O–H groups in total. The molecule has 0 saturated carbocycles. The second-order valence-corrected chi connectivity index (χ2v) is 6.60. The molecule has 1 saturated heterocycles. The van der Waals surface area contributed by atoms with Gasteiger partial charge in [0.05, 0.1) is 0 Å². The van der Waals surface area contributed by atoms with Crippen molar-refractivity contribution in [3.8, 4) is 0 Å². The van der Waals surface area contributed by atoms with Crippen LogP contribution in [0.15, 0.2) is 12.4 Å². The molecule has 1 aliphatic rings. The van der Waals surface area contributed by atoms with Gasteiger partial charge < -0.3 is 25.8 Å². The van der Waals surface area contributed by atoms with E-state index < -0.39 is 0 Å². The van der Waals surface area contributed by atoms with Gasteiger partial charge in [0.25, 0.3) is 0 Å². The van der Waals surface area contributed by atoms with Gasteiger partial charge in [-0.15, -0.1) is 0 Å². The van der Waals surface area contributed by atoms with Crippen LogP contribution < -0.4 is 16.0 Å². The van der Waals surface area contributed by atoms with Gasteiger partial charge in [-0.3, -0.25) is 4.79 Å². The van der Waals surface area contributed by atoms with Gasteiger partial charge in [0.1, 0.15) is 0 Å². The predicted molar refractivity (Wildman–Crippen MR) is 104 cm³/mol. The number of rotatable bonds is 10. The lowest BCUT2D eigenvalue weighted by Gasteiger charge is -2.35. The molecule has 1 aliphatic heterocycles. The number of hydrogen-bond acceptors (Lipinski definition) is 7. The summed E-state index contributed by atoms with van der Waals surface area (Å²) in [7, 11) is 1.97. The van der Waals surface area contributed by atoms with E-state index in [1.165, 1.54) is 0 Å². The van der Waals surface area contributed by atoms with Crippen molar-refractivity contribution < 1.29 is 4.79 Å². The Hall–Kier alpha value is -1.77. The molecule has 146 valence electrons. The Morgan fingerprint density at radius 1 is 1.23 bits per heavy atom. The highest BCUT2D eigenvalue weighted by Crippen LogP contribution is 2.12. The van der Waals surface area contributed by atoms with Crippen LogP contribution >= 0.6 is 0 Å². The number of nitrogens with zero attached hydrogens (tertiary/aromatic N) is 5. The lowest BCUT2D eigenvalue weighted by molar-refractivity contribution is -0.131. The molecule has 0 atom stereocenters. The SMILES string of the molecule is CCN(CCCC(=O)N1CCN(c2ncc(CN)cn2)CC1)CCNC. The standard InChI is InChI=1S/C18H33N7O/c1-3-23(8-6-20-2)7-4-5-17(26)24-9-11-25(12-10-24)18-21-14-16(13-19)15-22-18/h14-15,20H,3-13,19H2,1-2H3. The summed E-state index contributed by atoms with van der Waals surface area (Å²) in [5.41, 5.74) is 6.51. The maximum absolute atomic E-state index is 12.4. The molecule has 1 aromatic heterocycles. The lowest BCUT2D eigenvalue weighted by atomic mass is 10.2. The molecular formula is C18H33N7O. The molecule has 0 aliphatic carbocycles. The third-order valence-electron chi connectivity index (χ3n) is 4.83. The molecule has 2 rings (SSSR count). The van der Waals surface area contributed by atoms with Crippen LogP contribution in [0.3, 0.4) is 0 Å². The summed E-state index contributed by atoms with van der Waals surface area (Å²) in [6.07, 6.45) is 5.08. The van der Waals surface area contributed by atoms with Crippen molar-refractivity contribution in [2.45, 2.75) is 26.3 Å². The van der Waals surface area contributed by atoms with E-state index in [4.69, 9.17) is 5.73 Å². The molecule has 8 heteroatoms. The molecule has 26 heavy (non-hydrogen) atoms. The highest BCUT2D eigenvalue weighted by Gasteiger charge is 2.22. The van der Waals surface area contributed by atoms with E-state index in [1.54, 1.807) is 12.4 Å². The molecule has 1 amide bonds. The maximum Gasteiger partial charge on any atom is 0.225 e. The van der Waals surface area contributed by atoms with E-state index in [-0.39, 0.29) is 5.91 Å². The van der Waals surface area contributed by atoms with Crippen LogP contribution in [0, 0.1) is 0 Å². The molecule has 1 fully saturated rings. The number of carbonyl (C=O) groups excluding carboxylic acids is 1. The smallest absolute Gasteiger partial charge is 0.225 e. The van der Waals surface area contributed by atoms with Crippen molar-refractivity contribution >= 4 is 11.9 Å². The zero-order valence-corrected chi connectivity index (χ0v) is 16.2. The summed E-state index contributed by atoms with van der Waals surface area (Å²) < 4.78 is 0. The number of carbonyl (C=O) groups is 1. The Kier molecular flexibility index (Phi) is 8.73. The fraction of sp³-hybridized carbons (Fsp3) is 0.722. The van der Waals surface area contributed by atoms with E-state index in [9.17, 15) is 4.79 Å². The summed E-state index contributed by atoms with van der Waals surface area (Å²) in [5, 5.41) is 3.17. The Morgan fingerprint density at radius 3 is 2.50 bits per heavy atom. The van der Waals surface area contributed by atoms with Gasteiger partial charge >= 0.3 is 0 Å².